The number of alkyl halides is 3. The fourth-order valence-corrected chi connectivity index (χ4v) is 6.35. The first-order valence-corrected chi connectivity index (χ1v) is 14.7. The van der Waals surface area contributed by atoms with Crippen LogP contribution in [0.1, 0.15) is 60.0 Å². The van der Waals surface area contributed by atoms with E-state index in [0.717, 1.165) is 18.4 Å². The zero-order valence-corrected chi connectivity index (χ0v) is 24.4. The van der Waals surface area contributed by atoms with Crippen LogP contribution in [0.3, 0.4) is 0 Å². The Labute approximate surface area is 242 Å². The fourth-order valence-electron chi connectivity index (χ4n) is 5.58. The summed E-state index contributed by atoms with van der Waals surface area (Å²) in [6.07, 6.45) is 5.73. The Morgan fingerprint density at radius 3 is 2.60 bits per heavy atom. The highest BCUT2D eigenvalue weighted by atomic mass is 127. The minimum atomic E-state index is -3.09. The molecule has 2 aliphatic carbocycles. The standard InChI is InChI=1S/C28H27F3IN7O/c1-13-10-38(12-21(40-13)16-9-33-39(11-16)17-4-5-17)27-36-24(25-26(37-27)35-15(3)14(2)34-25)18-6-7-20-19(23(18)29)8-22(32)28(20,30)31/h6-7,9,11,13,17,21-22H,4-5,8,10,12H2,1-3H3/t13-,21-,22?/m1/s1. The summed E-state index contributed by atoms with van der Waals surface area (Å²) in [5.41, 5.74) is 3.14. The summed E-state index contributed by atoms with van der Waals surface area (Å²) < 4.78 is 52.7. The molecule has 3 aromatic heterocycles. The molecule has 12 heteroatoms. The summed E-state index contributed by atoms with van der Waals surface area (Å²) in [5, 5.41) is 4.52. The third kappa shape index (κ3) is 4.25. The van der Waals surface area contributed by atoms with Crippen molar-refractivity contribution in [2.45, 2.75) is 68.1 Å². The van der Waals surface area contributed by atoms with Gasteiger partial charge in [0, 0.05) is 29.4 Å². The summed E-state index contributed by atoms with van der Waals surface area (Å²) in [6, 6.07) is 3.17. The normalized spacial score (nSPS) is 24.1. The molecular weight excluding hydrogens is 634 g/mol. The van der Waals surface area contributed by atoms with Gasteiger partial charge in [-0.25, -0.2) is 28.1 Å². The smallest absolute Gasteiger partial charge is 0.285 e. The van der Waals surface area contributed by atoms with Gasteiger partial charge in [0.05, 0.1) is 40.2 Å². The lowest BCUT2D eigenvalue weighted by molar-refractivity contribution is -0.0178. The van der Waals surface area contributed by atoms with E-state index >= 15 is 4.39 Å². The van der Waals surface area contributed by atoms with Crippen molar-refractivity contribution >= 4 is 39.7 Å². The molecule has 0 N–H and O–H groups in total. The molecule has 1 unspecified atom stereocenters. The van der Waals surface area contributed by atoms with Gasteiger partial charge in [-0.1, -0.05) is 28.7 Å². The summed E-state index contributed by atoms with van der Waals surface area (Å²) in [4.78, 5) is 20.9. The highest BCUT2D eigenvalue weighted by molar-refractivity contribution is 14.1. The Hall–Kier alpha value is -2.87. The summed E-state index contributed by atoms with van der Waals surface area (Å²) >= 11 is 1.70. The van der Waals surface area contributed by atoms with Crippen LogP contribution in [0, 0.1) is 19.7 Å². The molecule has 0 bridgehead atoms. The minimum Gasteiger partial charge on any atom is -0.367 e. The van der Waals surface area contributed by atoms with Crippen molar-refractivity contribution in [1.29, 1.82) is 0 Å². The largest absolute Gasteiger partial charge is 0.367 e. The van der Waals surface area contributed by atoms with E-state index in [1.54, 1.807) is 22.6 Å². The number of anilines is 1. The van der Waals surface area contributed by atoms with E-state index in [2.05, 4.69) is 15.1 Å². The second-order valence-electron chi connectivity index (χ2n) is 11.0. The van der Waals surface area contributed by atoms with Gasteiger partial charge in [0.25, 0.3) is 5.92 Å². The molecule has 1 saturated carbocycles. The molecule has 7 rings (SSSR count). The molecular formula is C28H27F3IN7O. The lowest BCUT2D eigenvalue weighted by Gasteiger charge is -2.36. The van der Waals surface area contributed by atoms with Crippen molar-refractivity contribution in [2.24, 2.45) is 0 Å². The maximum absolute atomic E-state index is 16.0. The van der Waals surface area contributed by atoms with Gasteiger partial charge >= 0.3 is 0 Å². The highest BCUT2D eigenvalue weighted by Gasteiger charge is 2.48. The number of fused-ring (bicyclic) bond motifs is 2. The van der Waals surface area contributed by atoms with Crippen LogP contribution < -0.4 is 4.90 Å². The number of morpholine rings is 1. The third-order valence-electron chi connectivity index (χ3n) is 8.02. The fraction of sp³-hybridized carbons (Fsp3) is 0.464. The van der Waals surface area contributed by atoms with Crippen LogP contribution in [0.4, 0.5) is 19.1 Å². The van der Waals surface area contributed by atoms with Gasteiger partial charge in [-0.15, -0.1) is 0 Å². The van der Waals surface area contributed by atoms with Crippen LogP contribution in [-0.4, -0.2) is 52.8 Å². The summed E-state index contributed by atoms with van der Waals surface area (Å²) in [6.45, 7) is 6.63. The molecule has 3 aliphatic rings. The first kappa shape index (κ1) is 26.1. The predicted molar refractivity (Wildman–Crippen MR) is 151 cm³/mol. The van der Waals surface area contributed by atoms with Gasteiger partial charge in [0.15, 0.2) is 5.65 Å². The molecule has 8 nitrogen and oxygen atoms in total. The number of benzene rings is 1. The summed E-state index contributed by atoms with van der Waals surface area (Å²) in [5.74, 6) is -3.41. The monoisotopic (exact) mass is 661 g/mol. The molecule has 2 fully saturated rings. The van der Waals surface area contributed by atoms with E-state index < -0.39 is 15.7 Å². The second kappa shape index (κ2) is 9.33. The maximum atomic E-state index is 16.0. The topological polar surface area (TPSA) is 81.9 Å². The zero-order chi connectivity index (χ0) is 27.9. The number of halogens is 4. The van der Waals surface area contributed by atoms with Gasteiger partial charge in [0.1, 0.15) is 23.1 Å². The van der Waals surface area contributed by atoms with Crippen LogP contribution in [-0.2, 0) is 17.1 Å². The average molecular weight is 661 g/mol. The number of nitrogens with zero attached hydrogens (tertiary/aromatic N) is 7. The van der Waals surface area contributed by atoms with Gasteiger partial charge in [-0.05, 0) is 51.7 Å². The van der Waals surface area contributed by atoms with E-state index in [1.165, 1.54) is 12.1 Å². The Balaban J connectivity index is 1.33. The minimum absolute atomic E-state index is 0.0275. The number of rotatable bonds is 4. The quantitative estimate of drug-likeness (QED) is 0.202. The van der Waals surface area contributed by atoms with Gasteiger partial charge in [-0.3, -0.25) is 4.68 Å². The van der Waals surface area contributed by atoms with Crippen molar-refractivity contribution in [3.8, 4) is 11.3 Å². The first-order chi connectivity index (χ1) is 19.1. The number of ether oxygens (including phenoxy) is 1. The highest BCUT2D eigenvalue weighted by Crippen LogP contribution is 2.48. The molecule has 0 radical (unpaired) electrons. The van der Waals surface area contributed by atoms with E-state index in [0.29, 0.717) is 47.6 Å². The van der Waals surface area contributed by atoms with Crippen molar-refractivity contribution in [3.05, 3.63) is 58.4 Å². The first-order valence-electron chi connectivity index (χ1n) is 13.4. The molecule has 0 amide bonds. The Bertz CT molecular complexity index is 1660. The van der Waals surface area contributed by atoms with Crippen LogP contribution in [0.15, 0.2) is 24.5 Å². The van der Waals surface area contributed by atoms with Crippen LogP contribution in [0.2, 0.25) is 0 Å². The average Bonchev–Trinajstić information content (AvgIpc) is 3.59. The van der Waals surface area contributed by atoms with Crippen LogP contribution >= 0.6 is 22.6 Å². The molecule has 3 atom stereocenters. The maximum Gasteiger partial charge on any atom is 0.285 e. The van der Waals surface area contributed by atoms with E-state index in [4.69, 9.17) is 14.7 Å². The van der Waals surface area contributed by atoms with Crippen molar-refractivity contribution in [3.63, 3.8) is 0 Å². The van der Waals surface area contributed by atoms with Gasteiger partial charge in [-0.2, -0.15) is 10.1 Å². The van der Waals surface area contributed by atoms with Crippen LogP contribution in [0.25, 0.3) is 22.4 Å². The molecule has 40 heavy (non-hydrogen) atoms. The third-order valence-corrected chi connectivity index (χ3v) is 9.24. The van der Waals surface area contributed by atoms with Crippen LogP contribution in [0.5, 0.6) is 0 Å². The van der Waals surface area contributed by atoms with Crippen molar-refractivity contribution in [1.82, 2.24) is 29.7 Å². The Morgan fingerprint density at radius 2 is 1.82 bits per heavy atom. The van der Waals surface area contributed by atoms with E-state index in [9.17, 15) is 8.78 Å². The predicted octanol–water partition coefficient (Wildman–Crippen LogP) is 5.79. The number of hydrogen-bond acceptors (Lipinski definition) is 7. The van der Waals surface area contributed by atoms with Gasteiger partial charge in [0.2, 0.25) is 5.95 Å². The molecule has 1 saturated heterocycles. The number of hydrogen-bond donors (Lipinski definition) is 0. The number of aromatic nitrogens is 6. The molecule has 1 aliphatic heterocycles. The lowest BCUT2D eigenvalue weighted by atomic mass is 10.0. The van der Waals surface area contributed by atoms with Gasteiger partial charge < -0.3 is 9.64 Å². The Kier molecular flexibility index (Phi) is 6.08. The Morgan fingerprint density at radius 1 is 1.05 bits per heavy atom. The second-order valence-corrected chi connectivity index (χ2v) is 12.5. The van der Waals surface area contributed by atoms with E-state index in [1.807, 2.05) is 42.7 Å². The summed E-state index contributed by atoms with van der Waals surface area (Å²) in [7, 11) is 0. The molecule has 1 aromatic carbocycles. The lowest BCUT2D eigenvalue weighted by Crippen LogP contribution is -2.43. The van der Waals surface area contributed by atoms with Crippen molar-refractivity contribution < 1.29 is 17.9 Å². The molecule has 4 aromatic rings. The SMILES string of the molecule is Cc1nc2nc(N3C[C@@H](C)O[C@@H](c4cnn(C5CC5)c4)C3)nc(-c3ccc4c(c3F)CC(I)C4(F)F)c2nc1C. The van der Waals surface area contributed by atoms with E-state index in [-0.39, 0.29) is 41.0 Å². The molecule has 208 valence electrons. The molecule has 0 spiro atoms. The van der Waals surface area contributed by atoms with Crippen molar-refractivity contribution in [2.75, 3.05) is 18.0 Å². The number of aryl methyl sites for hydroxylation is 2. The zero-order valence-electron chi connectivity index (χ0n) is 22.2. The molecule has 4 heterocycles.